The molecule has 0 radical (unpaired) electrons. The van der Waals surface area contributed by atoms with E-state index >= 15 is 0 Å². The summed E-state index contributed by atoms with van der Waals surface area (Å²) in [5.41, 5.74) is 2.87. The minimum Gasteiger partial charge on any atom is -0.319 e. The van der Waals surface area contributed by atoms with E-state index in [0.29, 0.717) is 0 Å². The van der Waals surface area contributed by atoms with Crippen LogP contribution in [0.4, 0.5) is 0 Å². The third-order valence-corrected chi connectivity index (χ3v) is 4.15. The number of likely N-dealkylation sites (N-methyl/N-ethyl adjacent to an activating group) is 2. The van der Waals surface area contributed by atoms with Gasteiger partial charge in [0.25, 0.3) is 0 Å². The third kappa shape index (κ3) is 4.58. The van der Waals surface area contributed by atoms with Crippen LogP contribution in [0.2, 0.25) is 0 Å². The van der Waals surface area contributed by atoms with Crippen molar-refractivity contribution in [2.24, 2.45) is 0 Å². The molecular weight excluding hydrogens is 246 g/mol. The zero-order chi connectivity index (χ0) is 14.4. The Morgan fingerprint density at radius 2 is 1.90 bits per heavy atom. The molecule has 0 aliphatic carbocycles. The molecule has 1 aromatic carbocycles. The first-order chi connectivity index (χ1) is 9.69. The first kappa shape index (κ1) is 15.5. The van der Waals surface area contributed by atoms with Crippen LogP contribution in [0.3, 0.4) is 0 Å². The molecule has 1 saturated heterocycles. The van der Waals surface area contributed by atoms with Crippen LogP contribution < -0.4 is 5.32 Å². The Kier molecular flexibility index (Phi) is 6.02. The summed E-state index contributed by atoms with van der Waals surface area (Å²) in [6.45, 7) is 4.58. The van der Waals surface area contributed by atoms with Crippen LogP contribution in [0.5, 0.6) is 0 Å². The number of nitrogens with zero attached hydrogens (tertiary/aromatic N) is 2. The van der Waals surface area contributed by atoms with E-state index in [-0.39, 0.29) is 0 Å². The highest BCUT2D eigenvalue weighted by molar-refractivity contribution is 5.23. The monoisotopic (exact) mass is 275 g/mol. The van der Waals surface area contributed by atoms with E-state index in [4.69, 9.17) is 0 Å². The van der Waals surface area contributed by atoms with Gasteiger partial charge in [-0.3, -0.25) is 4.90 Å². The Bertz CT molecular complexity index is 386. The lowest BCUT2D eigenvalue weighted by Gasteiger charge is -2.27. The number of nitrogens with one attached hydrogen (secondary N) is 1. The van der Waals surface area contributed by atoms with Crippen molar-refractivity contribution in [3.63, 3.8) is 0 Å². The van der Waals surface area contributed by atoms with Gasteiger partial charge in [-0.05, 0) is 64.6 Å². The molecule has 0 spiro atoms. The van der Waals surface area contributed by atoms with Crippen LogP contribution in [0.1, 0.15) is 24.0 Å². The Morgan fingerprint density at radius 1 is 1.20 bits per heavy atom. The first-order valence-corrected chi connectivity index (χ1v) is 7.80. The summed E-state index contributed by atoms with van der Waals surface area (Å²) >= 11 is 0. The van der Waals surface area contributed by atoms with Gasteiger partial charge in [0.1, 0.15) is 0 Å². The molecule has 1 aromatic rings. The van der Waals surface area contributed by atoms with Gasteiger partial charge in [-0.2, -0.15) is 0 Å². The van der Waals surface area contributed by atoms with E-state index in [9.17, 15) is 0 Å². The molecule has 2 rings (SSSR count). The van der Waals surface area contributed by atoms with Gasteiger partial charge in [0.05, 0.1) is 0 Å². The summed E-state index contributed by atoms with van der Waals surface area (Å²) in [6.07, 6.45) is 3.81. The van der Waals surface area contributed by atoms with Crippen molar-refractivity contribution < 1.29 is 0 Å². The summed E-state index contributed by atoms with van der Waals surface area (Å²) in [5.74, 6) is 0. The second-order valence-electron chi connectivity index (χ2n) is 6.20. The molecule has 3 heteroatoms. The average Bonchev–Trinajstić information content (AvgIpc) is 2.84. The molecule has 20 heavy (non-hydrogen) atoms. The SMILES string of the molecule is CNCCc1ccc(CN2CCCC2CN(C)C)cc1. The van der Waals surface area contributed by atoms with Crippen LogP contribution in [-0.2, 0) is 13.0 Å². The van der Waals surface area contributed by atoms with Crippen molar-refractivity contribution in [3.8, 4) is 0 Å². The van der Waals surface area contributed by atoms with E-state index in [1.54, 1.807) is 0 Å². The maximum absolute atomic E-state index is 3.20. The molecule has 0 aromatic heterocycles. The van der Waals surface area contributed by atoms with Gasteiger partial charge in [-0.15, -0.1) is 0 Å². The van der Waals surface area contributed by atoms with E-state index < -0.39 is 0 Å². The number of rotatable bonds is 7. The van der Waals surface area contributed by atoms with Gasteiger partial charge in [-0.25, -0.2) is 0 Å². The van der Waals surface area contributed by atoms with Crippen molar-refractivity contribution in [1.82, 2.24) is 15.1 Å². The minimum atomic E-state index is 0.731. The summed E-state index contributed by atoms with van der Waals surface area (Å²) in [7, 11) is 6.35. The number of benzene rings is 1. The smallest absolute Gasteiger partial charge is 0.0237 e. The molecule has 1 unspecified atom stereocenters. The van der Waals surface area contributed by atoms with Gasteiger partial charge < -0.3 is 10.2 Å². The Hall–Kier alpha value is -0.900. The predicted octanol–water partition coefficient (Wildman–Crippen LogP) is 1.97. The van der Waals surface area contributed by atoms with Gasteiger partial charge >= 0.3 is 0 Å². The van der Waals surface area contributed by atoms with Gasteiger partial charge in [0.2, 0.25) is 0 Å². The van der Waals surface area contributed by atoms with Crippen molar-refractivity contribution in [2.45, 2.75) is 31.8 Å². The van der Waals surface area contributed by atoms with Crippen molar-refractivity contribution >= 4 is 0 Å². The molecule has 1 atom stereocenters. The zero-order valence-corrected chi connectivity index (χ0v) is 13.2. The van der Waals surface area contributed by atoms with E-state index in [1.165, 1.54) is 37.1 Å². The fraction of sp³-hybridized carbons (Fsp3) is 0.647. The van der Waals surface area contributed by atoms with Crippen LogP contribution in [0, 0.1) is 0 Å². The molecule has 112 valence electrons. The molecule has 1 heterocycles. The second kappa shape index (κ2) is 7.77. The van der Waals surface area contributed by atoms with Crippen LogP contribution >= 0.6 is 0 Å². The molecule has 1 N–H and O–H groups in total. The zero-order valence-electron chi connectivity index (χ0n) is 13.2. The Balaban J connectivity index is 1.88. The normalized spacial score (nSPS) is 19.9. The summed E-state index contributed by atoms with van der Waals surface area (Å²) < 4.78 is 0. The average molecular weight is 275 g/mol. The summed E-state index contributed by atoms with van der Waals surface area (Å²) in [6, 6.07) is 9.90. The molecule has 0 amide bonds. The largest absolute Gasteiger partial charge is 0.319 e. The Labute approximate surface area is 124 Å². The maximum atomic E-state index is 3.20. The highest BCUT2D eigenvalue weighted by atomic mass is 15.2. The van der Waals surface area contributed by atoms with Gasteiger partial charge in [0, 0.05) is 19.1 Å². The number of likely N-dealkylation sites (tertiary alicyclic amines) is 1. The van der Waals surface area contributed by atoms with Crippen LogP contribution in [0.25, 0.3) is 0 Å². The molecule has 0 bridgehead atoms. The van der Waals surface area contributed by atoms with Gasteiger partial charge in [0.15, 0.2) is 0 Å². The molecule has 1 aliphatic rings. The van der Waals surface area contributed by atoms with Crippen molar-refractivity contribution in [2.75, 3.05) is 40.8 Å². The fourth-order valence-electron chi connectivity index (χ4n) is 3.05. The lowest BCUT2D eigenvalue weighted by atomic mass is 10.1. The summed E-state index contributed by atoms with van der Waals surface area (Å²) in [4.78, 5) is 4.95. The first-order valence-electron chi connectivity index (χ1n) is 7.80. The number of hydrogen-bond acceptors (Lipinski definition) is 3. The maximum Gasteiger partial charge on any atom is 0.0237 e. The predicted molar refractivity (Wildman–Crippen MR) is 86.1 cm³/mol. The highest BCUT2D eigenvalue weighted by Gasteiger charge is 2.24. The van der Waals surface area contributed by atoms with E-state index in [1.807, 2.05) is 7.05 Å². The Morgan fingerprint density at radius 3 is 2.55 bits per heavy atom. The van der Waals surface area contributed by atoms with E-state index in [2.05, 4.69) is 53.5 Å². The van der Waals surface area contributed by atoms with Crippen molar-refractivity contribution in [3.05, 3.63) is 35.4 Å². The third-order valence-electron chi connectivity index (χ3n) is 4.15. The topological polar surface area (TPSA) is 18.5 Å². The highest BCUT2D eigenvalue weighted by Crippen LogP contribution is 2.20. The molecular formula is C17H29N3. The minimum absolute atomic E-state index is 0.731. The van der Waals surface area contributed by atoms with E-state index in [0.717, 1.165) is 25.6 Å². The lowest BCUT2D eigenvalue weighted by Crippen LogP contribution is -2.37. The molecule has 1 aliphatic heterocycles. The molecule has 3 nitrogen and oxygen atoms in total. The second-order valence-corrected chi connectivity index (χ2v) is 6.20. The molecule has 1 fully saturated rings. The van der Waals surface area contributed by atoms with Crippen LogP contribution in [-0.4, -0.2) is 56.6 Å². The fourth-order valence-corrected chi connectivity index (χ4v) is 3.05. The van der Waals surface area contributed by atoms with Gasteiger partial charge in [-0.1, -0.05) is 24.3 Å². The quantitative estimate of drug-likeness (QED) is 0.821. The van der Waals surface area contributed by atoms with Crippen molar-refractivity contribution in [1.29, 1.82) is 0 Å². The summed E-state index contributed by atoms with van der Waals surface area (Å²) in [5, 5.41) is 3.20. The lowest BCUT2D eigenvalue weighted by molar-refractivity contribution is 0.201. The molecule has 0 saturated carbocycles. The number of hydrogen-bond donors (Lipinski definition) is 1. The standard InChI is InChI=1S/C17H29N3/c1-18-11-10-15-6-8-16(9-7-15)13-20-12-4-5-17(20)14-19(2)3/h6-9,17-18H,4-5,10-14H2,1-3H3. The van der Waals surface area contributed by atoms with Crippen LogP contribution in [0.15, 0.2) is 24.3 Å².